The predicted molar refractivity (Wildman–Crippen MR) is 138 cm³/mol. The molecule has 0 unspecified atom stereocenters. The molecule has 4 rings (SSSR count). The summed E-state index contributed by atoms with van der Waals surface area (Å²) in [7, 11) is 0. The Hall–Kier alpha value is -1.05. The number of fused-ring (bicyclic) bond motifs is 5. The maximum absolute atomic E-state index is 11.5. The lowest BCUT2D eigenvalue weighted by atomic mass is 9.47. The summed E-state index contributed by atoms with van der Waals surface area (Å²) < 4.78 is 5.62. The smallest absolute Gasteiger partial charge is 0.302 e. The molecule has 0 heterocycles. The van der Waals surface area contributed by atoms with Crippen LogP contribution in [0.1, 0.15) is 112 Å². The fourth-order valence-electron chi connectivity index (χ4n) is 9.40. The highest BCUT2D eigenvalue weighted by atomic mass is 16.5. The van der Waals surface area contributed by atoms with Crippen LogP contribution in [0.25, 0.3) is 0 Å². The number of allylic oxidation sites excluding steroid dienone is 2. The van der Waals surface area contributed by atoms with E-state index in [0.717, 1.165) is 42.4 Å². The molecule has 0 N–H and O–H groups in total. The zero-order valence-corrected chi connectivity index (χ0v) is 22.4. The van der Waals surface area contributed by atoms with E-state index in [2.05, 4.69) is 47.3 Å². The van der Waals surface area contributed by atoms with Crippen LogP contribution >= 0.6 is 0 Å². The molecule has 186 valence electrons. The van der Waals surface area contributed by atoms with Crippen LogP contribution in [0, 0.1) is 46.3 Å². The van der Waals surface area contributed by atoms with E-state index in [4.69, 9.17) is 4.74 Å². The van der Waals surface area contributed by atoms with E-state index in [1.165, 1.54) is 63.4 Å². The zero-order valence-electron chi connectivity index (χ0n) is 22.4. The van der Waals surface area contributed by atoms with Gasteiger partial charge in [0.2, 0.25) is 0 Å². The molecule has 4 aliphatic carbocycles. The lowest BCUT2D eigenvalue weighted by Crippen LogP contribution is -2.51. The molecule has 0 bridgehead atoms. The molecule has 0 aromatic heterocycles. The normalized spacial score (nSPS) is 41.8. The Morgan fingerprint density at radius 3 is 2.55 bits per heavy atom. The lowest BCUT2D eigenvalue weighted by molar-refractivity contribution is -0.148. The van der Waals surface area contributed by atoms with Gasteiger partial charge in [0.25, 0.3) is 0 Å². The van der Waals surface area contributed by atoms with E-state index in [1.807, 2.05) is 0 Å². The van der Waals surface area contributed by atoms with Gasteiger partial charge in [-0.2, -0.15) is 0 Å². The number of rotatable bonds is 7. The number of carbonyl (C=O) groups excluding carboxylic acids is 1. The van der Waals surface area contributed by atoms with Gasteiger partial charge >= 0.3 is 5.97 Å². The van der Waals surface area contributed by atoms with Gasteiger partial charge in [-0.1, -0.05) is 51.5 Å². The first-order valence-corrected chi connectivity index (χ1v) is 14.1. The quantitative estimate of drug-likeness (QED) is 0.284. The van der Waals surface area contributed by atoms with E-state index < -0.39 is 0 Å². The molecule has 33 heavy (non-hydrogen) atoms. The Morgan fingerprint density at radius 2 is 1.88 bits per heavy atom. The van der Waals surface area contributed by atoms with Crippen molar-refractivity contribution in [2.45, 2.75) is 118 Å². The van der Waals surface area contributed by atoms with Crippen molar-refractivity contribution in [3.63, 3.8) is 0 Å². The van der Waals surface area contributed by atoms with E-state index in [9.17, 15) is 4.79 Å². The summed E-state index contributed by atoms with van der Waals surface area (Å²) >= 11 is 0. The lowest BCUT2D eigenvalue weighted by Gasteiger charge is -2.58. The van der Waals surface area contributed by atoms with Gasteiger partial charge in [0.15, 0.2) is 0 Å². The SMILES string of the molecule is C=C(C)[C@@H](CC)CC[C@@H](C)[C@H]1CC[C@H]2[C@@H]3CC=C4C[C@@H](OC(C)=O)CC[C@]4(C)[C@H]3CC[C@]12C. The highest BCUT2D eigenvalue weighted by molar-refractivity contribution is 5.66. The van der Waals surface area contributed by atoms with E-state index in [-0.39, 0.29) is 12.1 Å². The Labute approximate surface area is 204 Å². The molecule has 3 saturated carbocycles. The third-order valence-corrected chi connectivity index (χ3v) is 11.3. The van der Waals surface area contributed by atoms with Crippen molar-refractivity contribution in [2.75, 3.05) is 0 Å². The Bertz CT molecular complexity index is 780. The Kier molecular flexibility index (Phi) is 7.24. The molecule has 0 aromatic rings. The Morgan fingerprint density at radius 1 is 1.12 bits per heavy atom. The van der Waals surface area contributed by atoms with Crippen molar-refractivity contribution in [1.82, 2.24) is 0 Å². The van der Waals surface area contributed by atoms with Gasteiger partial charge in [-0.25, -0.2) is 0 Å². The first-order chi connectivity index (χ1) is 15.6. The van der Waals surface area contributed by atoms with E-state index >= 15 is 0 Å². The zero-order chi connectivity index (χ0) is 24.0. The van der Waals surface area contributed by atoms with Crippen molar-refractivity contribution in [3.05, 3.63) is 23.8 Å². The summed E-state index contributed by atoms with van der Waals surface area (Å²) in [4.78, 5) is 11.5. The third-order valence-electron chi connectivity index (χ3n) is 11.3. The number of carbonyl (C=O) groups is 1. The van der Waals surface area contributed by atoms with Gasteiger partial charge in [0, 0.05) is 13.3 Å². The first-order valence-electron chi connectivity index (χ1n) is 14.1. The standard InChI is InChI=1S/C31H50O2/c1-8-23(20(2)3)10-9-21(4)27-13-14-28-26-12-11-24-19-25(33-22(5)32)15-17-30(24,6)29(26)16-18-31(27,28)7/h11,21,23,25-29H,2,8-10,12-19H2,1,3-7H3/t21-,23+,25+,26+,27-,28+,29+,30+,31-/m1/s1. The topological polar surface area (TPSA) is 26.3 Å². The van der Waals surface area contributed by atoms with E-state index in [0.29, 0.717) is 16.7 Å². The fraction of sp³-hybridized carbons (Fsp3) is 0.839. The van der Waals surface area contributed by atoms with Crippen molar-refractivity contribution < 1.29 is 9.53 Å². The van der Waals surface area contributed by atoms with Crippen molar-refractivity contribution in [1.29, 1.82) is 0 Å². The predicted octanol–water partition coefficient (Wildman–Crippen LogP) is 8.52. The minimum absolute atomic E-state index is 0.107. The van der Waals surface area contributed by atoms with Gasteiger partial charge in [0.05, 0.1) is 0 Å². The number of hydrogen-bond donors (Lipinski definition) is 0. The second-order valence-corrected chi connectivity index (χ2v) is 13.0. The molecule has 0 amide bonds. The fourth-order valence-corrected chi connectivity index (χ4v) is 9.40. The largest absolute Gasteiger partial charge is 0.462 e. The molecular formula is C31H50O2. The van der Waals surface area contributed by atoms with Crippen molar-refractivity contribution >= 4 is 5.97 Å². The van der Waals surface area contributed by atoms with Crippen LogP contribution in [0.5, 0.6) is 0 Å². The molecule has 9 atom stereocenters. The van der Waals surface area contributed by atoms with Crippen molar-refractivity contribution in [3.8, 4) is 0 Å². The second-order valence-electron chi connectivity index (χ2n) is 13.0. The van der Waals surface area contributed by atoms with Crippen LogP contribution in [-0.2, 0) is 9.53 Å². The number of hydrogen-bond acceptors (Lipinski definition) is 2. The molecule has 0 aliphatic heterocycles. The van der Waals surface area contributed by atoms with Crippen LogP contribution in [0.4, 0.5) is 0 Å². The summed E-state index contributed by atoms with van der Waals surface area (Å²) in [6, 6.07) is 0. The minimum Gasteiger partial charge on any atom is -0.462 e. The van der Waals surface area contributed by atoms with Crippen LogP contribution in [0.15, 0.2) is 23.8 Å². The first kappa shape index (κ1) is 25.1. The molecule has 3 fully saturated rings. The summed E-state index contributed by atoms with van der Waals surface area (Å²) in [5, 5.41) is 0. The average Bonchev–Trinajstić information content (AvgIpc) is 3.11. The Balaban J connectivity index is 1.46. The molecular weight excluding hydrogens is 404 g/mol. The third kappa shape index (κ3) is 4.50. The summed E-state index contributed by atoms with van der Waals surface area (Å²) in [5.74, 6) is 4.89. The van der Waals surface area contributed by atoms with Gasteiger partial charge < -0.3 is 4.74 Å². The summed E-state index contributed by atoms with van der Waals surface area (Å²) in [6.07, 6.45) is 16.8. The molecule has 2 heteroatoms. The van der Waals surface area contributed by atoms with Crippen LogP contribution in [0.3, 0.4) is 0 Å². The monoisotopic (exact) mass is 454 g/mol. The van der Waals surface area contributed by atoms with Gasteiger partial charge in [-0.05, 0) is 117 Å². The van der Waals surface area contributed by atoms with Gasteiger partial charge in [-0.3, -0.25) is 4.79 Å². The molecule has 2 nitrogen and oxygen atoms in total. The maximum Gasteiger partial charge on any atom is 0.302 e. The number of ether oxygens (including phenoxy) is 1. The molecule has 0 radical (unpaired) electrons. The second kappa shape index (κ2) is 9.54. The molecule has 0 saturated heterocycles. The van der Waals surface area contributed by atoms with Gasteiger partial charge in [-0.15, -0.1) is 0 Å². The average molecular weight is 455 g/mol. The van der Waals surface area contributed by atoms with Crippen molar-refractivity contribution in [2.24, 2.45) is 46.3 Å². The summed E-state index contributed by atoms with van der Waals surface area (Å²) in [6.45, 7) is 18.1. The minimum atomic E-state index is -0.119. The van der Waals surface area contributed by atoms with Crippen LogP contribution in [0.2, 0.25) is 0 Å². The maximum atomic E-state index is 11.5. The summed E-state index contributed by atoms with van der Waals surface area (Å²) in [5.41, 5.74) is 3.85. The molecule has 0 aromatic carbocycles. The van der Waals surface area contributed by atoms with Crippen LogP contribution < -0.4 is 0 Å². The number of esters is 1. The highest BCUT2D eigenvalue weighted by Gasteiger charge is 2.59. The highest BCUT2D eigenvalue weighted by Crippen LogP contribution is 2.67. The van der Waals surface area contributed by atoms with Gasteiger partial charge in [0.1, 0.15) is 6.10 Å². The van der Waals surface area contributed by atoms with E-state index in [1.54, 1.807) is 12.5 Å². The van der Waals surface area contributed by atoms with Crippen LogP contribution in [-0.4, -0.2) is 12.1 Å². The molecule has 4 aliphatic rings. The molecule has 0 spiro atoms.